The van der Waals surface area contributed by atoms with Crippen LogP contribution in [0.4, 0.5) is 0 Å². The van der Waals surface area contributed by atoms with Crippen molar-refractivity contribution in [1.29, 1.82) is 0 Å². The molecule has 0 spiro atoms. The van der Waals surface area contributed by atoms with Crippen LogP contribution in [0, 0.1) is 0 Å². The Morgan fingerprint density at radius 1 is 1.56 bits per heavy atom. The molecule has 1 heterocycles. The van der Waals surface area contributed by atoms with Crippen molar-refractivity contribution in [3.8, 4) is 11.5 Å². The third-order valence-electron chi connectivity index (χ3n) is 2.23. The zero-order valence-corrected chi connectivity index (χ0v) is 9.84. The molecule has 0 aromatic heterocycles. The first kappa shape index (κ1) is 11.7. The largest absolute Gasteiger partial charge is 0.495 e. The number of ether oxygens (including phenoxy) is 2. The molecule has 0 saturated heterocycles. The molecule has 1 aliphatic heterocycles. The van der Waals surface area contributed by atoms with E-state index in [4.69, 9.17) is 30.9 Å². The lowest BCUT2D eigenvalue weighted by atomic mass is 9.60. The molecule has 1 aromatic rings. The minimum absolute atomic E-state index is 0.366. The summed E-state index contributed by atoms with van der Waals surface area (Å²) in [5, 5.41) is -1.22. The molecule has 3 nitrogen and oxygen atoms in total. The fourth-order valence-corrected chi connectivity index (χ4v) is 2.49. The Balaban J connectivity index is 2.35. The Bertz CT molecular complexity index is 407. The van der Waals surface area contributed by atoms with Crippen LogP contribution in [0.2, 0.25) is 0 Å². The van der Waals surface area contributed by atoms with Gasteiger partial charge in [-0.1, -0.05) is 17.1 Å². The molecular weight excluding hydrogens is 220 g/mol. The highest BCUT2D eigenvalue weighted by atomic mass is 32.2. The highest BCUT2D eigenvalue weighted by Crippen LogP contribution is 2.43. The zero-order chi connectivity index (χ0) is 11.8. The van der Waals surface area contributed by atoms with E-state index in [2.05, 4.69) is 0 Å². The van der Waals surface area contributed by atoms with E-state index in [1.54, 1.807) is 18.9 Å². The van der Waals surface area contributed by atoms with Crippen molar-refractivity contribution >= 4 is 27.5 Å². The molecule has 6 heteroatoms. The molecule has 2 N–H and O–H groups in total. The van der Waals surface area contributed by atoms with E-state index >= 15 is 0 Å². The molecule has 0 fully saturated rings. The molecular formula is C10H11B2NO2S. The van der Waals surface area contributed by atoms with Gasteiger partial charge >= 0.3 is 0 Å². The van der Waals surface area contributed by atoms with Crippen LogP contribution in [0.5, 0.6) is 11.5 Å². The second-order valence-electron chi connectivity index (χ2n) is 3.82. The van der Waals surface area contributed by atoms with Gasteiger partial charge in [0, 0.05) is 0 Å². The molecule has 80 valence electrons. The van der Waals surface area contributed by atoms with Gasteiger partial charge in [-0.25, -0.2) is 0 Å². The first-order valence-corrected chi connectivity index (χ1v) is 5.81. The normalized spacial score (nSPS) is 14.4. The van der Waals surface area contributed by atoms with Gasteiger partial charge in [0.2, 0.25) is 0 Å². The Kier molecular flexibility index (Phi) is 3.12. The van der Waals surface area contributed by atoms with E-state index in [1.807, 2.05) is 12.1 Å². The maximum Gasteiger partial charge on any atom is 0.138 e. The van der Waals surface area contributed by atoms with Crippen molar-refractivity contribution in [3.05, 3.63) is 17.7 Å². The number of hydrogen-bond donors (Lipinski definition) is 1. The fourth-order valence-electron chi connectivity index (χ4n) is 1.64. The lowest BCUT2D eigenvalue weighted by Crippen LogP contribution is -2.43. The number of fused-ring (bicyclic) bond motifs is 1. The third-order valence-corrected chi connectivity index (χ3v) is 3.16. The van der Waals surface area contributed by atoms with Gasteiger partial charge < -0.3 is 15.2 Å². The van der Waals surface area contributed by atoms with E-state index in [-0.39, 0.29) is 0 Å². The minimum atomic E-state index is -1.22. The summed E-state index contributed by atoms with van der Waals surface area (Å²) >= 11 is 1.60. The van der Waals surface area contributed by atoms with Crippen molar-refractivity contribution in [2.24, 2.45) is 5.73 Å². The topological polar surface area (TPSA) is 44.5 Å². The van der Waals surface area contributed by atoms with Gasteiger partial charge in [0.15, 0.2) is 0 Å². The second kappa shape index (κ2) is 4.26. The van der Waals surface area contributed by atoms with Gasteiger partial charge in [-0.15, -0.1) is 0 Å². The van der Waals surface area contributed by atoms with Crippen LogP contribution in [0.15, 0.2) is 17.0 Å². The first-order chi connectivity index (χ1) is 7.49. The Hall–Kier alpha value is -0.740. The van der Waals surface area contributed by atoms with Crippen molar-refractivity contribution in [3.63, 3.8) is 0 Å². The van der Waals surface area contributed by atoms with Crippen molar-refractivity contribution in [2.75, 3.05) is 13.0 Å². The fraction of sp³-hybridized carbons (Fsp3) is 0.400. The van der Waals surface area contributed by atoms with Gasteiger partial charge in [0.1, 0.15) is 17.4 Å². The summed E-state index contributed by atoms with van der Waals surface area (Å²) < 4.78 is 10.7. The number of hydrogen-bond acceptors (Lipinski definition) is 4. The lowest BCUT2D eigenvalue weighted by molar-refractivity contribution is 0.378. The number of thioether (sulfide) groups is 1. The van der Waals surface area contributed by atoms with E-state index in [0.29, 0.717) is 12.4 Å². The number of rotatable bonds is 3. The maximum atomic E-state index is 5.57. The zero-order valence-electron chi connectivity index (χ0n) is 9.03. The summed E-state index contributed by atoms with van der Waals surface area (Å²) in [5.74, 6) is 2.19. The quantitative estimate of drug-likeness (QED) is 0.774. The predicted molar refractivity (Wildman–Crippen MR) is 66.5 cm³/mol. The summed E-state index contributed by atoms with van der Waals surface area (Å²) in [4.78, 5) is 1.02. The van der Waals surface area contributed by atoms with Crippen molar-refractivity contribution in [1.82, 2.24) is 0 Å². The molecule has 16 heavy (non-hydrogen) atoms. The Labute approximate surface area is 102 Å². The third kappa shape index (κ3) is 2.50. The lowest BCUT2D eigenvalue weighted by Gasteiger charge is -2.20. The van der Waals surface area contributed by atoms with Gasteiger partial charge in [0.05, 0.1) is 27.7 Å². The molecule has 0 atom stereocenters. The van der Waals surface area contributed by atoms with E-state index in [9.17, 15) is 0 Å². The smallest absolute Gasteiger partial charge is 0.138 e. The monoisotopic (exact) mass is 231 g/mol. The average Bonchev–Trinajstić information content (AvgIpc) is 2.61. The number of benzene rings is 1. The van der Waals surface area contributed by atoms with Crippen LogP contribution >= 0.6 is 11.8 Å². The van der Waals surface area contributed by atoms with Crippen molar-refractivity contribution in [2.45, 2.75) is 16.7 Å². The summed E-state index contributed by atoms with van der Waals surface area (Å²) in [6, 6.07) is 3.79. The van der Waals surface area contributed by atoms with Gasteiger partial charge in [-0.05, 0) is 24.1 Å². The maximum absolute atomic E-state index is 5.57. The van der Waals surface area contributed by atoms with Gasteiger partial charge in [0.25, 0.3) is 0 Å². The summed E-state index contributed by atoms with van der Waals surface area (Å²) in [6.07, 6.45) is 0.366. The van der Waals surface area contributed by atoms with Crippen LogP contribution in [0.3, 0.4) is 0 Å². The van der Waals surface area contributed by atoms with Gasteiger partial charge in [-0.2, -0.15) is 0 Å². The molecule has 1 aromatic carbocycles. The molecule has 0 unspecified atom stereocenters. The molecule has 1 aliphatic rings. The van der Waals surface area contributed by atoms with Crippen molar-refractivity contribution < 1.29 is 9.47 Å². The summed E-state index contributed by atoms with van der Waals surface area (Å²) in [7, 11) is 12.8. The highest BCUT2D eigenvalue weighted by molar-refractivity contribution is 7.99. The van der Waals surface area contributed by atoms with Crippen LogP contribution < -0.4 is 15.2 Å². The summed E-state index contributed by atoms with van der Waals surface area (Å²) in [6.45, 7) is 0. The Morgan fingerprint density at radius 2 is 2.31 bits per heavy atom. The van der Waals surface area contributed by atoms with Crippen LogP contribution in [0.1, 0.15) is 5.56 Å². The van der Waals surface area contributed by atoms with Crippen LogP contribution in [-0.4, -0.2) is 34.1 Å². The molecule has 4 radical (unpaired) electrons. The first-order valence-electron chi connectivity index (χ1n) is 4.83. The number of methoxy groups -OCH3 is 1. The van der Waals surface area contributed by atoms with E-state index in [0.717, 1.165) is 22.0 Å². The molecule has 2 rings (SSSR count). The average molecular weight is 231 g/mol. The van der Waals surface area contributed by atoms with E-state index < -0.39 is 5.34 Å². The highest BCUT2D eigenvalue weighted by Gasteiger charge is 2.21. The van der Waals surface area contributed by atoms with Crippen LogP contribution in [-0.2, 0) is 6.42 Å². The standard InChI is InChI=1S/C10H11B2NO2S/c1-14-7-2-6(4-10(11,12)13)3-8-9(7)16-5-15-8/h2-3H,4-5,13H2,1H3. The molecule has 0 bridgehead atoms. The predicted octanol–water partition coefficient (Wildman–Crippen LogP) is 0.629. The molecule has 0 saturated carbocycles. The Morgan fingerprint density at radius 3 is 2.94 bits per heavy atom. The minimum Gasteiger partial charge on any atom is -0.495 e. The SMILES string of the molecule is [B]C([B])(N)Cc1cc(OC)c2c(c1)OCS2. The second-order valence-corrected chi connectivity index (χ2v) is 4.75. The molecule has 0 amide bonds. The van der Waals surface area contributed by atoms with Gasteiger partial charge in [-0.3, -0.25) is 0 Å². The molecule has 0 aliphatic carbocycles. The van der Waals surface area contributed by atoms with Crippen LogP contribution in [0.25, 0.3) is 0 Å². The summed E-state index contributed by atoms with van der Waals surface area (Å²) in [5.41, 5.74) is 6.48. The number of nitrogens with two attached hydrogens (primary N) is 1. The van der Waals surface area contributed by atoms with E-state index in [1.165, 1.54) is 0 Å².